The smallest absolute Gasteiger partial charge is 0.0133 e. The standard InChI is InChI=1S/C11H25NS/c1-5-9(3)7-11(12)8-13-10(4)6-2/h9-11H,5-8,12H2,1-4H3. The van der Waals surface area contributed by atoms with Crippen LogP contribution in [-0.2, 0) is 0 Å². The van der Waals surface area contributed by atoms with E-state index in [0.717, 1.165) is 16.9 Å². The Morgan fingerprint density at radius 2 is 1.77 bits per heavy atom. The molecule has 2 N–H and O–H groups in total. The van der Waals surface area contributed by atoms with E-state index in [0.29, 0.717) is 6.04 Å². The first-order valence-corrected chi connectivity index (χ1v) is 6.52. The summed E-state index contributed by atoms with van der Waals surface area (Å²) in [6, 6.07) is 0.397. The molecule has 0 aliphatic carbocycles. The third kappa shape index (κ3) is 7.39. The molecule has 0 saturated heterocycles. The zero-order chi connectivity index (χ0) is 10.3. The van der Waals surface area contributed by atoms with Gasteiger partial charge in [0.1, 0.15) is 0 Å². The van der Waals surface area contributed by atoms with Gasteiger partial charge in [-0.15, -0.1) is 0 Å². The molecule has 0 bridgehead atoms. The molecule has 3 atom stereocenters. The molecule has 13 heavy (non-hydrogen) atoms. The van der Waals surface area contributed by atoms with Gasteiger partial charge in [0.25, 0.3) is 0 Å². The second kappa shape index (κ2) is 7.69. The molecule has 0 aromatic rings. The maximum atomic E-state index is 6.03. The van der Waals surface area contributed by atoms with Crippen LogP contribution in [0.1, 0.15) is 47.0 Å². The van der Waals surface area contributed by atoms with Crippen LogP contribution >= 0.6 is 11.8 Å². The van der Waals surface area contributed by atoms with E-state index in [1.54, 1.807) is 0 Å². The minimum atomic E-state index is 0.397. The van der Waals surface area contributed by atoms with Gasteiger partial charge in [0.15, 0.2) is 0 Å². The number of nitrogens with two attached hydrogens (primary N) is 1. The van der Waals surface area contributed by atoms with Crippen molar-refractivity contribution in [1.82, 2.24) is 0 Å². The van der Waals surface area contributed by atoms with Gasteiger partial charge in [-0.25, -0.2) is 0 Å². The lowest BCUT2D eigenvalue weighted by molar-refractivity contribution is 0.472. The van der Waals surface area contributed by atoms with E-state index in [1.165, 1.54) is 19.3 Å². The molecule has 0 heterocycles. The second-order valence-corrected chi connectivity index (χ2v) is 5.53. The Morgan fingerprint density at radius 1 is 1.15 bits per heavy atom. The summed E-state index contributed by atoms with van der Waals surface area (Å²) in [5.41, 5.74) is 6.03. The minimum Gasteiger partial charge on any atom is -0.327 e. The van der Waals surface area contributed by atoms with Crippen molar-refractivity contribution in [3.63, 3.8) is 0 Å². The first-order valence-electron chi connectivity index (χ1n) is 5.47. The highest BCUT2D eigenvalue weighted by atomic mass is 32.2. The van der Waals surface area contributed by atoms with Gasteiger partial charge in [-0.1, -0.05) is 34.1 Å². The zero-order valence-corrected chi connectivity index (χ0v) is 10.4. The molecule has 3 unspecified atom stereocenters. The number of hydrogen-bond acceptors (Lipinski definition) is 2. The third-order valence-corrected chi connectivity index (χ3v) is 4.09. The topological polar surface area (TPSA) is 26.0 Å². The van der Waals surface area contributed by atoms with Crippen molar-refractivity contribution >= 4 is 11.8 Å². The first kappa shape index (κ1) is 13.3. The summed E-state index contributed by atoms with van der Waals surface area (Å²) in [7, 11) is 0. The summed E-state index contributed by atoms with van der Waals surface area (Å²) in [4.78, 5) is 0. The lowest BCUT2D eigenvalue weighted by atomic mass is 10.0. The summed E-state index contributed by atoms with van der Waals surface area (Å²) in [5, 5.41) is 0.767. The van der Waals surface area contributed by atoms with E-state index < -0.39 is 0 Å². The normalized spacial score (nSPS) is 18.2. The maximum Gasteiger partial charge on any atom is 0.0133 e. The van der Waals surface area contributed by atoms with E-state index in [9.17, 15) is 0 Å². The highest BCUT2D eigenvalue weighted by Crippen LogP contribution is 2.17. The van der Waals surface area contributed by atoms with Crippen molar-refractivity contribution in [3.05, 3.63) is 0 Å². The Labute approximate surface area is 87.9 Å². The van der Waals surface area contributed by atoms with Crippen LogP contribution in [0.4, 0.5) is 0 Å². The van der Waals surface area contributed by atoms with Crippen LogP contribution in [0.2, 0.25) is 0 Å². The first-order chi connectivity index (χ1) is 6.10. The monoisotopic (exact) mass is 203 g/mol. The molecule has 0 aromatic carbocycles. The lowest BCUT2D eigenvalue weighted by Gasteiger charge is -2.17. The molecule has 2 heteroatoms. The second-order valence-electron chi connectivity index (χ2n) is 4.06. The Bertz CT molecular complexity index is 117. The van der Waals surface area contributed by atoms with Crippen LogP contribution in [0, 0.1) is 5.92 Å². The molecular weight excluding hydrogens is 178 g/mol. The fraction of sp³-hybridized carbons (Fsp3) is 1.00. The van der Waals surface area contributed by atoms with Gasteiger partial charge in [0.05, 0.1) is 0 Å². The van der Waals surface area contributed by atoms with E-state index in [4.69, 9.17) is 5.73 Å². The van der Waals surface area contributed by atoms with Crippen LogP contribution in [0.5, 0.6) is 0 Å². The summed E-state index contributed by atoms with van der Waals surface area (Å²) in [5.74, 6) is 1.91. The van der Waals surface area contributed by atoms with Gasteiger partial charge in [-0.3, -0.25) is 0 Å². The lowest BCUT2D eigenvalue weighted by Crippen LogP contribution is -2.26. The molecule has 0 spiro atoms. The quantitative estimate of drug-likeness (QED) is 0.687. The summed E-state index contributed by atoms with van der Waals surface area (Å²) < 4.78 is 0. The molecule has 0 aliphatic heterocycles. The largest absolute Gasteiger partial charge is 0.327 e. The van der Waals surface area contributed by atoms with Gasteiger partial charge in [0.2, 0.25) is 0 Å². The van der Waals surface area contributed by atoms with Crippen LogP contribution in [0.25, 0.3) is 0 Å². The molecule has 0 radical (unpaired) electrons. The molecule has 80 valence electrons. The molecule has 0 aromatic heterocycles. The third-order valence-electron chi connectivity index (χ3n) is 2.57. The Kier molecular flexibility index (Phi) is 7.87. The molecule has 0 fully saturated rings. The van der Waals surface area contributed by atoms with Crippen molar-refractivity contribution in [1.29, 1.82) is 0 Å². The predicted molar refractivity (Wildman–Crippen MR) is 64.3 cm³/mol. The van der Waals surface area contributed by atoms with Crippen molar-refractivity contribution in [3.8, 4) is 0 Å². The van der Waals surface area contributed by atoms with E-state index >= 15 is 0 Å². The van der Waals surface area contributed by atoms with Gasteiger partial charge in [0, 0.05) is 17.0 Å². The number of hydrogen-bond donors (Lipinski definition) is 1. The molecule has 1 nitrogen and oxygen atoms in total. The molecule has 0 rings (SSSR count). The van der Waals surface area contributed by atoms with Crippen LogP contribution in [-0.4, -0.2) is 17.0 Å². The van der Waals surface area contributed by atoms with Crippen LogP contribution in [0.3, 0.4) is 0 Å². The van der Waals surface area contributed by atoms with Crippen LogP contribution < -0.4 is 5.73 Å². The molecule has 0 amide bonds. The van der Waals surface area contributed by atoms with Gasteiger partial charge in [-0.05, 0) is 18.8 Å². The van der Waals surface area contributed by atoms with Gasteiger partial charge >= 0.3 is 0 Å². The van der Waals surface area contributed by atoms with E-state index in [2.05, 4.69) is 27.7 Å². The predicted octanol–water partition coefficient (Wildman–Crippen LogP) is 3.28. The van der Waals surface area contributed by atoms with Crippen molar-refractivity contribution in [2.75, 3.05) is 5.75 Å². The highest BCUT2D eigenvalue weighted by Gasteiger charge is 2.09. The van der Waals surface area contributed by atoms with Crippen molar-refractivity contribution < 1.29 is 0 Å². The summed E-state index contributed by atoms with van der Waals surface area (Å²) in [6.45, 7) is 9.03. The summed E-state index contributed by atoms with van der Waals surface area (Å²) in [6.07, 6.45) is 3.68. The average molecular weight is 203 g/mol. The summed E-state index contributed by atoms with van der Waals surface area (Å²) >= 11 is 2.01. The molecule has 0 aliphatic rings. The van der Waals surface area contributed by atoms with E-state index in [1.807, 2.05) is 11.8 Å². The molecular formula is C11H25NS. The Balaban J connectivity index is 3.45. The number of rotatable bonds is 7. The van der Waals surface area contributed by atoms with Crippen molar-refractivity contribution in [2.45, 2.75) is 58.2 Å². The minimum absolute atomic E-state index is 0.397. The SMILES string of the molecule is CCC(C)CC(N)CSC(C)CC. The Hall–Kier alpha value is 0.310. The van der Waals surface area contributed by atoms with Crippen molar-refractivity contribution in [2.24, 2.45) is 11.7 Å². The average Bonchev–Trinajstić information content (AvgIpc) is 2.13. The number of thioether (sulfide) groups is 1. The van der Waals surface area contributed by atoms with Crippen LogP contribution in [0.15, 0.2) is 0 Å². The van der Waals surface area contributed by atoms with E-state index in [-0.39, 0.29) is 0 Å². The highest BCUT2D eigenvalue weighted by molar-refractivity contribution is 7.99. The Morgan fingerprint density at radius 3 is 2.23 bits per heavy atom. The van der Waals surface area contributed by atoms with Gasteiger partial charge in [-0.2, -0.15) is 11.8 Å². The zero-order valence-electron chi connectivity index (χ0n) is 9.55. The van der Waals surface area contributed by atoms with Gasteiger partial charge < -0.3 is 5.73 Å². The fourth-order valence-corrected chi connectivity index (χ4v) is 2.10. The maximum absolute atomic E-state index is 6.03. The molecule has 0 saturated carbocycles. The fourth-order valence-electron chi connectivity index (χ4n) is 1.16.